The maximum Gasteiger partial charge on any atom is 0.239 e. The van der Waals surface area contributed by atoms with Crippen LogP contribution in [0.15, 0.2) is 6.33 Å². The first-order valence-corrected chi connectivity index (χ1v) is 6.31. The van der Waals surface area contributed by atoms with Gasteiger partial charge in [0.05, 0.1) is 6.54 Å². The molecule has 0 unspecified atom stereocenters. The van der Waals surface area contributed by atoms with E-state index in [2.05, 4.69) is 25.5 Å². The van der Waals surface area contributed by atoms with Crippen molar-refractivity contribution in [1.29, 1.82) is 0 Å². The van der Waals surface area contributed by atoms with Crippen LogP contribution in [0.4, 0.5) is 5.82 Å². The molecule has 18 heavy (non-hydrogen) atoms. The van der Waals surface area contributed by atoms with Gasteiger partial charge < -0.3 is 10.6 Å². The van der Waals surface area contributed by atoms with E-state index >= 15 is 0 Å². The first kappa shape index (κ1) is 13.5. The number of amides is 1. The molecule has 1 aromatic rings. The highest BCUT2D eigenvalue weighted by Crippen LogP contribution is 2.25. The molecule has 8 heteroatoms. The van der Waals surface area contributed by atoms with Gasteiger partial charge in [-0.3, -0.25) is 9.69 Å². The first-order chi connectivity index (χ1) is 8.66. The Labute approximate surface area is 115 Å². The topological polar surface area (TPSA) is 70.2 Å². The molecule has 0 saturated carbocycles. The summed E-state index contributed by atoms with van der Waals surface area (Å²) >= 11 is 11.6. The van der Waals surface area contributed by atoms with E-state index in [0.29, 0.717) is 6.54 Å². The lowest BCUT2D eigenvalue weighted by molar-refractivity contribution is -0.117. The third-order valence-electron chi connectivity index (χ3n) is 2.58. The van der Waals surface area contributed by atoms with Gasteiger partial charge in [0, 0.05) is 26.2 Å². The Hall–Kier alpha value is -0.950. The maximum atomic E-state index is 11.8. The SMILES string of the molecule is O=C(CN1CCNCC1)Nc1ncnc(Cl)c1Cl. The van der Waals surface area contributed by atoms with Crippen LogP contribution in [0.25, 0.3) is 0 Å². The Kier molecular flexibility index (Phi) is 4.71. The van der Waals surface area contributed by atoms with Gasteiger partial charge in [-0.25, -0.2) is 9.97 Å². The number of hydrogen-bond donors (Lipinski definition) is 2. The number of hydrogen-bond acceptors (Lipinski definition) is 5. The number of nitrogens with zero attached hydrogens (tertiary/aromatic N) is 3. The van der Waals surface area contributed by atoms with Gasteiger partial charge in [-0.2, -0.15) is 0 Å². The zero-order valence-electron chi connectivity index (χ0n) is 9.62. The molecule has 1 aliphatic rings. The van der Waals surface area contributed by atoms with Gasteiger partial charge in [-0.15, -0.1) is 0 Å². The third kappa shape index (κ3) is 3.52. The molecule has 0 atom stereocenters. The van der Waals surface area contributed by atoms with Crippen LogP contribution >= 0.6 is 23.2 Å². The number of halogens is 2. The van der Waals surface area contributed by atoms with Crippen molar-refractivity contribution >= 4 is 34.9 Å². The van der Waals surface area contributed by atoms with Crippen molar-refractivity contribution in [3.8, 4) is 0 Å². The molecule has 0 aromatic carbocycles. The van der Waals surface area contributed by atoms with Crippen LogP contribution in [-0.2, 0) is 4.79 Å². The highest BCUT2D eigenvalue weighted by Gasteiger charge is 2.15. The van der Waals surface area contributed by atoms with Crippen LogP contribution < -0.4 is 10.6 Å². The fraction of sp³-hybridized carbons (Fsp3) is 0.500. The van der Waals surface area contributed by atoms with Crippen molar-refractivity contribution in [3.05, 3.63) is 16.5 Å². The van der Waals surface area contributed by atoms with Crippen LogP contribution in [0.3, 0.4) is 0 Å². The number of piperazine rings is 1. The van der Waals surface area contributed by atoms with Crippen molar-refractivity contribution in [2.24, 2.45) is 0 Å². The average Bonchev–Trinajstić information content (AvgIpc) is 2.36. The van der Waals surface area contributed by atoms with Crippen LogP contribution in [0.5, 0.6) is 0 Å². The number of carbonyl (C=O) groups is 1. The van der Waals surface area contributed by atoms with Crippen molar-refractivity contribution in [2.75, 3.05) is 38.0 Å². The molecule has 0 bridgehead atoms. The molecule has 1 aromatic heterocycles. The standard InChI is InChI=1S/C10H13Cl2N5O/c11-8-9(12)14-6-15-10(8)16-7(18)5-17-3-1-13-2-4-17/h6,13H,1-5H2,(H,14,15,16,18). The minimum Gasteiger partial charge on any atom is -0.314 e. The summed E-state index contributed by atoms with van der Waals surface area (Å²) in [5, 5.41) is 6.14. The molecule has 6 nitrogen and oxygen atoms in total. The van der Waals surface area contributed by atoms with E-state index in [9.17, 15) is 4.79 Å². The summed E-state index contributed by atoms with van der Waals surface area (Å²) in [5.74, 6) is 0.0883. The first-order valence-electron chi connectivity index (χ1n) is 5.56. The van der Waals surface area contributed by atoms with Crippen molar-refractivity contribution in [1.82, 2.24) is 20.2 Å². The van der Waals surface area contributed by atoms with E-state index < -0.39 is 0 Å². The van der Waals surface area contributed by atoms with E-state index in [1.165, 1.54) is 6.33 Å². The summed E-state index contributed by atoms with van der Waals surface area (Å²) in [7, 11) is 0. The van der Waals surface area contributed by atoms with E-state index in [1.807, 2.05) is 0 Å². The molecule has 0 spiro atoms. The third-order valence-corrected chi connectivity index (χ3v) is 3.32. The number of anilines is 1. The van der Waals surface area contributed by atoms with Gasteiger partial charge in [-0.05, 0) is 0 Å². The smallest absolute Gasteiger partial charge is 0.239 e. The van der Waals surface area contributed by atoms with Gasteiger partial charge in [0.1, 0.15) is 11.3 Å². The lowest BCUT2D eigenvalue weighted by Crippen LogP contribution is -2.46. The number of nitrogens with one attached hydrogen (secondary N) is 2. The van der Waals surface area contributed by atoms with Crippen LogP contribution in [-0.4, -0.2) is 53.5 Å². The Morgan fingerprint density at radius 1 is 1.39 bits per heavy atom. The Morgan fingerprint density at radius 2 is 2.11 bits per heavy atom. The van der Waals surface area contributed by atoms with Gasteiger partial charge in [-0.1, -0.05) is 23.2 Å². The largest absolute Gasteiger partial charge is 0.314 e. The van der Waals surface area contributed by atoms with Crippen molar-refractivity contribution in [2.45, 2.75) is 0 Å². The lowest BCUT2D eigenvalue weighted by Gasteiger charge is -2.26. The molecular weight excluding hydrogens is 277 g/mol. The molecule has 0 radical (unpaired) electrons. The van der Waals surface area contributed by atoms with Gasteiger partial charge in [0.25, 0.3) is 0 Å². The fourth-order valence-corrected chi connectivity index (χ4v) is 1.96. The second-order valence-electron chi connectivity index (χ2n) is 3.90. The Morgan fingerprint density at radius 3 is 2.83 bits per heavy atom. The molecular formula is C10H13Cl2N5O. The van der Waals surface area contributed by atoms with E-state index in [-0.39, 0.29) is 21.9 Å². The van der Waals surface area contributed by atoms with Gasteiger partial charge in [0.15, 0.2) is 11.0 Å². The van der Waals surface area contributed by atoms with E-state index in [0.717, 1.165) is 26.2 Å². The predicted molar refractivity (Wildman–Crippen MR) is 70.0 cm³/mol. The fourth-order valence-electron chi connectivity index (χ4n) is 1.68. The monoisotopic (exact) mass is 289 g/mol. The molecule has 1 fully saturated rings. The number of aromatic nitrogens is 2. The quantitative estimate of drug-likeness (QED) is 0.799. The summed E-state index contributed by atoms with van der Waals surface area (Å²) in [6.45, 7) is 3.82. The lowest BCUT2D eigenvalue weighted by atomic mass is 10.3. The highest BCUT2D eigenvalue weighted by molar-refractivity contribution is 6.42. The molecule has 1 aliphatic heterocycles. The van der Waals surface area contributed by atoms with E-state index in [1.54, 1.807) is 0 Å². The zero-order chi connectivity index (χ0) is 13.0. The van der Waals surface area contributed by atoms with Gasteiger partial charge in [0.2, 0.25) is 5.91 Å². The Balaban J connectivity index is 1.92. The van der Waals surface area contributed by atoms with Crippen LogP contribution in [0, 0.1) is 0 Å². The second kappa shape index (κ2) is 6.29. The second-order valence-corrected chi connectivity index (χ2v) is 4.64. The average molecular weight is 290 g/mol. The number of rotatable bonds is 3. The molecule has 2 rings (SSSR count). The van der Waals surface area contributed by atoms with Crippen molar-refractivity contribution in [3.63, 3.8) is 0 Å². The van der Waals surface area contributed by atoms with E-state index in [4.69, 9.17) is 23.2 Å². The summed E-state index contributed by atoms with van der Waals surface area (Å²) in [4.78, 5) is 21.5. The minimum atomic E-state index is -0.159. The number of carbonyl (C=O) groups excluding carboxylic acids is 1. The van der Waals surface area contributed by atoms with Crippen LogP contribution in [0.1, 0.15) is 0 Å². The molecule has 1 saturated heterocycles. The highest BCUT2D eigenvalue weighted by atomic mass is 35.5. The zero-order valence-corrected chi connectivity index (χ0v) is 11.1. The maximum absolute atomic E-state index is 11.8. The van der Waals surface area contributed by atoms with Crippen LogP contribution in [0.2, 0.25) is 10.2 Å². The Bertz CT molecular complexity index is 436. The molecule has 98 valence electrons. The molecule has 2 heterocycles. The minimum absolute atomic E-state index is 0.129. The molecule has 2 N–H and O–H groups in total. The molecule has 0 aliphatic carbocycles. The predicted octanol–water partition coefficient (Wildman–Crippen LogP) is 0.627. The van der Waals surface area contributed by atoms with Crippen molar-refractivity contribution < 1.29 is 4.79 Å². The summed E-state index contributed by atoms with van der Waals surface area (Å²) < 4.78 is 0. The molecule has 1 amide bonds. The summed E-state index contributed by atoms with van der Waals surface area (Å²) in [6, 6.07) is 0. The summed E-state index contributed by atoms with van der Waals surface area (Å²) in [6.07, 6.45) is 1.26. The van der Waals surface area contributed by atoms with Gasteiger partial charge >= 0.3 is 0 Å². The summed E-state index contributed by atoms with van der Waals surface area (Å²) in [5.41, 5.74) is 0. The normalized spacial score (nSPS) is 16.6.